The second kappa shape index (κ2) is 6.94. The molecule has 7 nitrogen and oxygen atoms in total. The van der Waals surface area contributed by atoms with Crippen molar-refractivity contribution >= 4 is 34.2 Å². The van der Waals surface area contributed by atoms with Gasteiger partial charge in [0.05, 0.1) is 11.0 Å². The van der Waals surface area contributed by atoms with Crippen molar-refractivity contribution in [2.24, 2.45) is 5.10 Å². The predicted molar refractivity (Wildman–Crippen MR) is 109 cm³/mol. The first-order valence-corrected chi connectivity index (χ1v) is 9.06. The number of hydrogen-bond acceptors (Lipinski definition) is 4. The largest absolute Gasteiger partial charge is 0.444 e. The van der Waals surface area contributed by atoms with Gasteiger partial charge in [0, 0.05) is 17.3 Å². The monoisotopic (exact) mass is 376 g/mol. The van der Waals surface area contributed by atoms with Crippen molar-refractivity contribution in [2.45, 2.75) is 26.4 Å². The Morgan fingerprint density at radius 1 is 1.11 bits per heavy atom. The van der Waals surface area contributed by atoms with Gasteiger partial charge in [-0.3, -0.25) is 5.32 Å². The van der Waals surface area contributed by atoms with Crippen LogP contribution in [0, 0.1) is 0 Å². The van der Waals surface area contributed by atoms with E-state index in [1.807, 2.05) is 80.8 Å². The minimum absolute atomic E-state index is 0.470. The first kappa shape index (κ1) is 17.9. The highest BCUT2D eigenvalue weighted by molar-refractivity contribution is 6.11. The summed E-state index contributed by atoms with van der Waals surface area (Å²) in [6.07, 6.45) is 1.52. The molecule has 0 unspecified atom stereocenters. The summed E-state index contributed by atoms with van der Waals surface area (Å²) in [6.45, 7) is 5.49. The highest BCUT2D eigenvalue weighted by Crippen LogP contribution is 2.18. The maximum Gasteiger partial charge on any atom is 0.412 e. The highest BCUT2D eigenvalue weighted by Gasteiger charge is 2.20. The van der Waals surface area contributed by atoms with Crippen molar-refractivity contribution in [2.75, 3.05) is 5.32 Å². The summed E-state index contributed by atoms with van der Waals surface area (Å²) in [5, 5.41) is 7.22. The van der Waals surface area contributed by atoms with Gasteiger partial charge in [-0.25, -0.2) is 9.78 Å². The lowest BCUT2D eigenvalue weighted by atomic mass is 10.1. The van der Waals surface area contributed by atoms with Gasteiger partial charge >= 0.3 is 6.09 Å². The van der Waals surface area contributed by atoms with Crippen LogP contribution in [0.3, 0.4) is 0 Å². The van der Waals surface area contributed by atoms with Crippen LogP contribution in [0.15, 0.2) is 59.7 Å². The number of rotatable bonds is 3. The zero-order valence-corrected chi connectivity index (χ0v) is 16.0. The number of benzene rings is 2. The first-order valence-electron chi connectivity index (χ1n) is 9.06. The Kier molecular flexibility index (Phi) is 4.44. The number of nitrogens with two attached hydrogens (primary N) is 1. The number of ether oxygens (including phenoxy) is 1. The van der Waals surface area contributed by atoms with E-state index in [4.69, 9.17) is 4.74 Å². The number of carbonyl (C=O) groups is 1. The lowest BCUT2D eigenvalue weighted by Crippen LogP contribution is -2.73. The van der Waals surface area contributed by atoms with Gasteiger partial charge in [-0.05, 0) is 57.2 Å². The molecule has 0 radical (unpaired) electrons. The predicted octanol–water partition coefficient (Wildman–Crippen LogP) is 3.23. The van der Waals surface area contributed by atoms with Crippen LogP contribution in [0.25, 0.3) is 16.7 Å². The Bertz CT molecular complexity index is 1050. The molecule has 0 aliphatic carbocycles. The van der Waals surface area contributed by atoms with Crippen molar-refractivity contribution in [3.63, 3.8) is 0 Å². The molecule has 2 heterocycles. The molecule has 3 aromatic rings. The number of quaternary nitrogens is 1. The van der Waals surface area contributed by atoms with E-state index < -0.39 is 11.7 Å². The van der Waals surface area contributed by atoms with Crippen LogP contribution >= 0.6 is 0 Å². The number of allylic oxidation sites excluding steroid dienone is 1. The van der Waals surface area contributed by atoms with Gasteiger partial charge in [-0.1, -0.05) is 17.2 Å². The molecule has 1 aliphatic rings. The molecule has 7 heteroatoms. The lowest BCUT2D eigenvalue weighted by Gasteiger charge is -2.19. The molecule has 1 aromatic heterocycles. The van der Waals surface area contributed by atoms with Crippen molar-refractivity contribution in [1.29, 1.82) is 0 Å². The van der Waals surface area contributed by atoms with E-state index in [1.54, 1.807) is 0 Å². The van der Waals surface area contributed by atoms with Gasteiger partial charge in [0.15, 0.2) is 17.2 Å². The number of fused-ring (bicyclic) bond motifs is 1. The third-order valence-corrected chi connectivity index (χ3v) is 4.13. The van der Waals surface area contributed by atoms with Crippen LogP contribution in [0.1, 0.15) is 32.2 Å². The van der Waals surface area contributed by atoms with E-state index >= 15 is 0 Å². The van der Waals surface area contributed by atoms with Crippen molar-refractivity contribution in [3.8, 4) is 0 Å². The minimum atomic E-state index is -0.530. The van der Waals surface area contributed by atoms with E-state index in [0.717, 1.165) is 33.8 Å². The summed E-state index contributed by atoms with van der Waals surface area (Å²) >= 11 is 0. The summed E-state index contributed by atoms with van der Waals surface area (Å²) in [6, 6.07) is 15.4. The molecule has 1 amide bonds. The summed E-state index contributed by atoms with van der Waals surface area (Å²) in [5.41, 5.74) is 6.65. The Hall–Kier alpha value is -3.45. The zero-order valence-electron chi connectivity index (χ0n) is 16.0. The van der Waals surface area contributed by atoms with E-state index in [-0.39, 0.29) is 0 Å². The fraction of sp³-hybridized carbons (Fsp3) is 0.190. The Labute approximate surface area is 162 Å². The number of para-hydroxylation sites is 2. The maximum atomic E-state index is 11.9. The van der Waals surface area contributed by atoms with Gasteiger partial charge in [-0.15, -0.1) is 0 Å². The van der Waals surface area contributed by atoms with Crippen molar-refractivity contribution < 1.29 is 15.0 Å². The number of anilines is 1. The minimum Gasteiger partial charge on any atom is -0.444 e. The van der Waals surface area contributed by atoms with Crippen LogP contribution in [-0.4, -0.2) is 27.4 Å². The number of imidazole rings is 1. The molecule has 0 bridgehead atoms. The quantitative estimate of drug-likeness (QED) is 0.612. The molecule has 4 N–H and O–H groups in total. The van der Waals surface area contributed by atoms with Crippen LogP contribution in [0.5, 0.6) is 0 Å². The van der Waals surface area contributed by atoms with Gasteiger partial charge < -0.3 is 9.72 Å². The van der Waals surface area contributed by atoms with Gasteiger partial charge in [0.25, 0.3) is 0 Å². The zero-order chi connectivity index (χ0) is 19.7. The second-order valence-electron chi connectivity index (χ2n) is 7.55. The smallest absolute Gasteiger partial charge is 0.412 e. The number of nitrogens with one attached hydrogen (secondary N) is 2. The standard InChI is InChI=1S/C21H21N5O2/c1-21(2,3)28-20(27)22-14-10-8-13(9-11-14)17-12-18(26-25-17)19-23-15-6-4-5-7-16(15)24-19/h4-12H,1-3H3,(H,22,27)(H,23,24)(H,25,26)/p+1. The first-order chi connectivity index (χ1) is 13.4. The molecule has 2 aromatic carbocycles. The topological polar surface area (TPSA) is 96.0 Å². The van der Waals surface area contributed by atoms with E-state index in [2.05, 4.69) is 20.4 Å². The number of aromatic amines is 1. The lowest BCUT2D eigenvalue weighted by molar-refractivity contribution is -0.565. The molecule has 142 valence electrons. The summed E-state index contributed by atoms with van der Waals surface area (Å²) in [4.78, 5) is 19.7. The molecule has 0 fully saturated rings. The molecule has 0 saturated carbocycles. The summed E-state index contributed by atoms with van der Waals surface area (Å²) in [5.74, 6) is 0.746. The number of H-pyrrole nitrogens is 1. The third-order valence-electron chi connectivity index (χ3n) is 4.13. The third kappa shape index (κ3) is 3.94. The summed E-state index contributed by atoms with van der Waals surface area (Å²) in [7, 11) is 0. The highest BCUT2D eigenvalue weighted by atomic mass is 16.6. The SMILES string of the molecule is CC(C)(C)OC(=O)Nc1ccc(C2=CC(c3nc4ccccc4[nH]3)=N[NH2+]2)cc1. The average Bonchev–Trinajstić information content (AvgIpc) is 3.27. The molecule has 0 spiro atoms. The van der Waals surface area contributed by atoms with E-state index in [9.17, 15) is 4.79 Å². The molecule has 1 aliphatic heterocycles. The van der Waals surface area contributed by atoms with Crippen LogP contribution in [0.2, 0.25) is 0 Å². The number of nitrogens with zero attached hydrogens (tertiary/aromatic N) is 2. The van der Waals surface area contributed by atoms with Crippen molar-refractivity contribution in [1.82, 2.24) is 9.97 Å². The Balaban J connectivity index is 1.46. The average molecular weight is 376 g/mol. The van der Waals surface area contributed by atoms with E-state index in [0.29, 0.717) is 5.69 Å². The number of aromatic nitrogens is 2. The Morgan fingerprint density at radius 3 is 2.57 bits per heavy atom. The normalized spacial score (nSPS) is 14.0. The van der Waals surface area contributed by atoms with Crippen molar-refractivity contribution in [3.05, 3.63) is 66.0 Å². The number of carbonyl (C=O) groups excluding carboxylic acids is 1. The molecular weight excluding hydrogens is 354 g/mol. The number of amides is 1. The molecule has 4 rings (SSSR count). The fourth-order valence-electron chi connectivity index (χ4n) is 2.89. The van der Waals surface area contributed by atoms with Crippen LogP contribution < -0.4 is 10.7 Å². The molecule has 0 atom stereocenters. The summed E-state index contributed by atoms with van der Waals surface area (Å²) < 4.78 is 5.26. The molecule has 28 heavy (non-hydrogen) atoms. The fourth-order valence-corrected chi connectivity index (χ4v) is 2.89. The Morgan fingerprint density at radius 2 is 1.86 bits per heavy atom. The van der Waals surface area contributed by atoms with Gasteiger partial charge in [0.1, 0.15) is 5.60 Å². The maximum absolute atomic E-state index is 11.9. The molecule has 0 saturated heterocycles. The van der Waals surface area contributed by atoms with Gasteiger partial charge in [-0.2, -0.15) is 5.43 Å². The second-order valence-corrected chi connectivity index (χ2v) is 7.55. The molecular formula is C21H22N5O2+. The van der Waals surface area contributed by atoms with Crippen LogP contribution in [-0.2, 0) is 4.74 Å². The number of hydrogen-bond donors (Lipinski definition) is 3. The van der Waals surface area contributed by atoms with Gasteiger partial charge in [0.2, 0.25) is 0 Å². The van der Waals surface area contributed by atoms with Crippen LogP contribution in [0.4, 0.5) is 10.5 Å². The van der Waals surface area contributed by atoms with E-state index in [1.165, 1.54) is 0 Å².